The number of nitrogens with one attached hydrogen (secondary N) is 2. The standard InChI is InChI=1S/C3H4N2.C3H6N2.ClH/c1-2-5-3-4-1;1-2-5-3-4;/h1-3H,(H,4,5);4H,2H2,1H3;1H. The number of rotatable bonds is 1. The van der Waals surface area contributed by atoms with Crippen molar-refractivity contribution in [3.05, 3.63) is 18.7 Å². The van der Waals surface area contributed by atoms with E-state index in [1.807, 2.05) is 12.9 Å². The van der Waals surface area contributed by atoms with Crippen LogP contribution in [0.4, 0.5) is 0 Å². The molecule has 0 unspecified atom stereocenters. The minimum atomic E-state index is 0. The second-order valence-electron chi connectivity index (χ2n) is 1.35. The van der Waals surface area contributed by atoms with Gasteiger partial charge < -0.3 is 4.98 Å². The number of halogens is 1. The molecule has 1 rings (SSSR count). The Morgan fingerprint density at radius 2 is 2.45 bits per heavy atom. The highest BCUT2D eigenvalue weighted by Crippen LogP contribution is 1.62. The first kappa shape index (κ1) is 12.5. The predicted molar refractivity (Wildman–Crippen MR) is 46.5 cm³/mol. The number of hydrogen-bond donors (Lipinski definition) is 2. The SMILES string of the molecule is CCN=C=N.Cl.c1c[nH]cn1. The molecule has 0 aliphatic rings. The zero-order valence-corrected chi connectivity index (χ0v) is 7.06. The lowest BCUT2D eigenvalue weighted by atomic mass is 10.8. The van der Waals surface area contributed by atoms with Crippen LogP contribution in [0.5, 0.6) is 0 Å². The molecule has 11 heavy (non-hydrogen) atoms. The predicted octanol–water partition coefficient (Wildman–Crippen LogP) is 1.59. The Morgan fingerprint density at radius 1 is 1.73 bits per heavy atom. The third-order valence-electron chi connectivity index (χ3n) is 0.643. The summed E-state index contributed by atoms with van der Waals surface area (Å²) in [6, 6.07) is 1.89. The van der Waals surface area contributed by atoms with Crippen molar-refractivity contribution in [1.29, 1.82) is 5.41 Å². The van der Waals surface area contributed by atoms with E-state index in [1.54, 1.807) is 18.7 Å². The van der Waals surface area contributed by atoms with Crippen molar-refractivity contribution in [3.8, 4) is 0 Å². The van der Waals surface area contributed by atoms with E-state index in [9.17, 15) is 0 Å². The third-order valence-corrected chi connectivity index (χ3v) is 0.643. The molecule has 0 bridgehead atoms. The van der Waals surface area contributed by atoms with Crippen LogP contribution in [-0.2, 0) is 0 Å². The molecular weight excluding hydrogens is 164 g/mol. The number of nitrogens with zero attached hydrogens (tertiary/aromatic N) is 2. The Morgan fingerprint density at radius 3 is 2.55 bits per heavy atom. The van der Waals surface area contributed by atoms with Crippen LogP contribution >= 0.6 is 12.4 Å². The molecule has 5 heteroatoms. The van der Waals surface area contributed by atoms with E-state index in [2.05, 4.69) is 15.0 Å². The van der Waals surface area contributed by atoms with Crippen LogP contribution in [0.15, 0.2) is 23.7 Å². The topological polar surface area (TPSA) is 64.9 Å². The highest BCUT2D eigenvalue weighted by molar-refractivity contribution is 5.85. The molecule has 0 radical (unpaired) electrons. The maximum Gasteiger partial charge on any atom is 0.0919 e. The first-order chi connectivity index (χ1) is 4.91. The molecule has 0 amide bonds. The van der Waals surface area contributed by atoms with Gasteiger partial charge in [0.2, 0.25) is 0 Å². The number of aromatic nitrogens is 2. The normalized spacial score (nSPS) is 6.27. The Labute approximate surface area is 71.7 Å². The molecule has 62 valence electrons. The van der Waals surface area contributed by atoms with Gasteiger partial charge in [0.05, 0.1) is 12.3 Å². The van der Waals surface area contributed by atoms with Crippen molar-refractivity contribution in [1.82, 2.24) is 9.97 Å². The Hall–Kier alpha value is -1.12. The second-order valence-corrected chi connectivity index (χ2v) is 1.35. The van der Waals surface area contributed by atoms with Crippen molar-refractivity contribution >= 4 is 18.4 Å². The summed E-state index contributed by atoms with van der Waals surface area (Å²) in [6.45, 7) is 2.53. The molecule has 0 spiro atoms. The molecule has 0 atom stereocenters. The van der Waals surface area contributed by atoms with E-state index in [0.29, 0.717) is 6.54 Å². The molecule has 0 aliphatic carbocycles. The first-order valence-electron chi connectivity index (χ1n) is 2.92. The lowest BCUT2D eigenvalue weighted by Gasteiger charge is -1.60. The number of H-pyrrole nitrogens is 1. The summed E-state index contributed by atoms with van der Waals surface area (Å²) in [4.78, 5) is 9.81. The molecular formula is C6H11ClN4. The summed E-state index contributed by atoms with van der Waals surface area (Å²) in [5, 5.41) is 6.19. The van der Waals surface area contributed by atoms with Gasteiger partial charge in [-0.25, -0.2) is 15.4 Å². The molecule has 0 fully saturated rings. The van der Waals surface area contributed by atoms with Crippen LogP contribution in [0, 0.1) is 5.41 Å². The molecule has 2 N–H and O–H groups in total. The summed E-state index contributed by atoms with van der Waals surface area (Å²) in [7, 11) is 0. The fourth-order valence-corrected chi connectivity index (χ4v) is 0.294. The van der Waals surface area contributed by atoms with E-state index in [4.69, 9.17) is 5.41 Å². The summed E-state index contributed by atoms with van der Waals surface area (Å²) < 4.78 is 0. The van der Waals surface area contributed by atoms with Crippen molar-refractivity contribution in [2.45, 2.75) is 6.92 Å². The van der Waals surface area contributed by atoms with Crippen molar-refractivity contribution in [3.63, 3.8) is 0 Å². The fourth-order valence-electron chi connectivity index (χ4n) is 0.294. The number of hydrogen-bond acceptors (Lipinski definition) is 3. The van der Waals surface area contributed by atoms with Crippen LogP contribution in [0.3, 0.4) is 0 Å². The lowest BCUT2D eigenvalue weighted by molar-refractivity contribution is 1.14. The van der Waals surface area contributed by atoms with E-state index >= 15 is 0 Å². The number of imidazole rings is 1. The summed E-state index contributed by atoms with van der Waals surface area (Å²) in [6.07, 6.45) is 5.08. The van der Waals surface area contributed by atoms with Gasteiger partial charge in [-0.3, -0.25) is 0 Å². The van der Waals surface area contributed by atoms with Gasteiger partial charge in [-0.2, -0.15) is 0 Å². The van der Waals surface area contributed by atoms with Gasteiger partial charge in [0.15, 0.2) is 0 Å². The molecule has 0 aliphatic heterocycles. The van der Waals surface area contributed by atoms with Crippen LogP contribution in [0.1, 0.15) is 6.92 Å². The van der Waals surface area contributed by atoms with Crippen LogP contribution in [0.2, 0.25) is 0 Å². The van der Waals surface area contributed by atoms with E-state index in [0.717, 1.165) is 0 Å². The van der Waals surface area contributed by atoms with Gasteiger partial charge >= 0.3 is 0 Å². The third kappa shape index (κ3) is 12.2. The van der Waals surface area contributed by atoms with E-state index in [1.165, 1.54) is 0 Å². The van der Waals surface area contributed by atoms with Gasteiger partial charge in [0, 0.05) is 18.9 Å². The zero-order chi connectivity index (χ0) is 7.66. The maximum atomic E-state index is 6.19. The van der Waals surface area contributed by atoms with Crippen LogP contribution in [0.25, 0.3) is 0 Å². The van der Waals surface area contributed by atoms with Gasteiger partial charge in [-0.05, 0) is 6.92 Å². The minimum absolute atomic E-state index is 0. The zero-order valence-electron chi connectivity index (χ0n) is 6.24. The minimum Gasteiger partial charge on any atom is -0.351 e. The molecule has 4 nitrogen and oxygen atoms in total. The largest absolute Gasteiger partial charge is 0.351 e. The Bertz CT molecular complexity index is 161. The van der Waals surface area contributed by atoms with E-state index < -0.39 is 0 Å². The molecule has 1 heterocycles. The first-order valence-corrected chi connectivity index (χ1v) is 2.92. The molecule has 1 aromatic rings. The summed E-state index contributed by atoms with van der Waals surface area (Å²) in [5.74, 6) is 0. The Balaban J connectivity index is 0. The molecule has 1 aromatic heterocycles. The summed E-state index contributed by atoms with van der Waals surface area (Å²) >= 11 is 0. The summed E-state index contributed by atoms with van der Waals surface area (Å²) in [5.41, 5.74) is 0. The second kappa shape index (κ2) is 11.6. The fraction of sp³-hybridized carbons (Fsp3) is 0.333. The molecule has 0 aromatic carbocycles. The van der Waals surface area contributed by atoms with Crippen LogP contribution < -0.4 is 0 Å². The molecule has 0 saturated heterocycles. The molecule has 0 saturated carbocycles. The van der Waals surface area contributed by atoms with Gasteiger partial charge in [0.1, 0.15) is 0 Å². The maximum absolute atomic E-state index is 6.19. The van der Waals surface area contributed by atoms with E-state index in [-0.39, 0.29) is 12.4 Å². The van der Waals surface area contributed by atoms with Crippen molar-refractivity contribution < 1.29 is 0 Å². The monoisotopic (exact) mass is 174 g/mol. The van der Waals surface area contributed by atoms with Gasteiger partial charge in [-0.15, -0.1) is 12.4 Å². The number of aromatic amines is 1. The quantitative estimate of drug-likeness (QED) is 0.624. The highest BCUT2D eigenvalue weighted by atomic mass is 35.5. The van der Waals surface area contributed by atoms with Gasteiger partial charge in [-0.1, -0.05) is 0 Å². The van der Waals surface area contributed by atoms with Crippen molar-refractivity contribution in [2.24, 2.45) is 4.99 Å². The van der Waals surface area contributed by atoms with Gasteiger partial charge in [0.25, 0.3) is 0 Å². The smallest absolute Gasteiger partial charge is 0.0919 e. The lowest BCUT2D eigenvalue weighted by Crippen LogP contribution is -1.58. The average Bonchev–Trinajstić information content (AvgIpc) is 2.44. The van der Waals surface area contributed by atoms with Crippen LogP contribution in [-0.4, -0.2) is 22.5 Å². The average molecular weight is 175 g/mol. The Kier molecular flexibility index (Phi) is 13.3. The number of aliphatic imine (C=N–C) groups is 1. The highest BCUT2D eigenvalue weighted by Gasteiger charge is 1.56. The van der Waals surface area contributed by atoms with Crippen molar-refractivity contribution in [2.75, 3.05) is 6.54 Å².